The van der Waals surface area contributed by atoms with Gasteiger partial charge in [0.25, 0.3) is 5.91 Å². The summed E-state index contributed by atoms with van der Waals surface area (Å²) >= 11 is 0. The summed E-state index contributed by atoms with van der Waals surface area (Å²) in [5.41, 5.74) is 1.33. The van der Waals surface area contributed by atoms with E-state index in [-0.39, 0.29) is 42.6 Å². The van der Waals surface area contributed by atoms with Crippen molar-refractivity contribution in [3.05, 3.63) is 65.5 Å². The molecule has 2 N–H and O–H groups in total. The Morgan fingerprint density at radius 3 is 2.31 bits per heavy atom. The van der Waals surface area contributed by atoms with E-state index in [1.54, 1.807) is 24.3 Å². The fourth-order valence-electron chi connectivity index (χ4n) is 3.64. The predicted octanol–water partition coefficient (Wildman–Crippen LogP) is 3.14. The second kappa shape index (κ2) is 10.2. The van der Waals surface area contributed by atoms with Crippen LogP contribution < -0.4 is 10.6 Å². The number of amides is 2. The minimum atomic E-state index is -3.56. The highest BCUT2D eigenvalue weighted by Gasteiger charge is 2.31. The smallest absolute Gasteiger partial charge is 0.253 e. The molecule has 7 nitrogen and oxygen atoms in total. The standard InChI is InChI=1S/C23H28FN3O4S/c1-16(2)25-23(29)20-5-3-4-6-21(20)26-22(28)18-11-13-27(14-12-18)32(30,31)15-17-7-9-19(24)10-8-17/h3-10,16,18H,11-15H2,1-2H3,(H,25,29)(H,26,28). The number of piperidine rings is 1. The van der Waals surface area contributed by atoms with Crippen LogP contribution in [-0.4, -0.2) is 43.7 Å². The maximum Gasteiger partial charge on any atom is 0.253 e. The Hall–Kier alpha value is -2.78. The van der Waals surface area contributed by atoms with Crippen LogP contribution in [0.3, 0.4) is 0 Å². The molecule has 0 spiro atoms. The molecule has 0 unspecified atom stereocenters. The highest BCUT2D eigenvalue weighted by molar-refractivity contribution is 7.88. The lowest BCUT2D eigenvalue weighted by Crippen LogP contribution is -2.42. The Balaban J connectivity index is 1.59. The summed E-state index contributed by atoms with van der Waals surface area (Å²) in [6, 6.07) is 12.2. The molecule has 32 heavy (non-hydrogen) atoms. The number of para-hydroxylation sites is 1. The van der Waals surface area contributed by atoms with Gasteiger partial charge in [0.1, 0.15) is 5.82 Å². The van der Waals surface area contributed by atoms with Crippen LogP contribution in [-0.2, 0) is 20.6 Å². The van der Waals surface area contributed by atoms with Crippen molar-refractivity contribution in [3.8, 4) is 0 Å². The molecule has 0 aromatic heterocycles. The van der Waals surface area contributed by atoms with Gasteiger partial charge in [-0.05, 0) is 56.5 Å². The van der Waals surface area contributed by atoms with Crippen LogP contribution in [0.2, 0.25) is 0 Å². The molecule has 9 heteroatoms. The molecular formula is C23H28FN3O4S. The number of sulfonamides is 1. The zero-order chi connectivity index (χ0) is 23.3. The quantitative estimate of drug-likeness (QED) is 0.662. The second-order valence-electron chi connectivity index (χ2n) is 8.22. The largest absolute Gasteiger partial charge is 0.350 e. The summed E-state index contributed by atoms with van der Waals surface area (Å²) in [5, 5.41) is 5.64. The lowest BCUT2D eigenvalue weighted by atomic mass is 9.97. The van der Waals surface area contributed by atoms with Gasteiger partial charge in [0.2, 0.25) is 15.9 Å². The van der Waals surface area contributed by atoms with Crippen LogP contribution in [0.15, 0.2) is 48.5 Å². The number of hydrogen-bond donors (Lipinski definition) is 2. The molecule has 172 valence electrons. The predicted molar refractivity (Wildman–Crippen MR) is 121 cm³/mol. The van der Waals surface area contributed by atoms with E-state index in [9.17, 15) is 22.4 Å². The first-order valence-corrected chi connectivity index (χ1v) is 12.2. The third kappa shape index (κ3) is 6.14. The van der Waals surface area contributed by atoms with Gasteiger partial charge in [0, 0.05) is 25.0 Å². The van der Waals surface area contributed by atoms with Crippen LogP contribution >= 0.6 is 0 Å². The number of hydrogen-bond acceptors (Lipinski definition) is 4. The zero-order valence-corrected chi connectivity index (χ0v) is 19.0. The highest BCUT2D eigenvalue weighted by Crippen LogP contribution is 2.24. The minimum absolute atomic E-state index is 0.0348. The fourth-order valence-corrected chi connectivity index (χ4v) is 5.21. The first-order chi connectivity index (χ1) is 15.2. The van der Waals surface area contributed by atoms with Gasteiger partial charge in [-0.15, -0.1) is 0 Å². The molecule has 3 rings (SSSR count). The normalized spacial score (nSPS) is 15.5. The van der Waals surface area contributed by atoms with Crippen molar-refractivity contribution in [3.63, 3.8) is 0 Å². The Kier molecular flexibility index (Phi) is 7.63. The lowest BCUT2D eigenvalue weighted by Gasteiger charge is -2.30. The molecule has 0 saturated carbocycles. The van der Waals surface area contributed by atoms with E-state index in [1.807, 2.05) is 13.8 Å². The van der Waals surface area contributed by atoms with Crippen molar-refractivity contribution >= 4 is 27.5 Å². The first kappa shape index (κ1) is 23.9. The van der Waals surface area contributed by atoms with E-state index >= 15 is 0 Å². The number of carbonyl (C=O) groups is 2. The van der Waals surface area contributed by atoms with E-state index in [1.165, 1.54) is 28.6 Å². The third-order valence-corrected chi connectivity index (χ3v) is 7.18. The SMILES string of the molecule is CC(C)NC(=O)c1ccccc1NC(=O)C1CCN(S(=O)(=O)Cc2ccc(F)cc2)CC1. The fraction of sp³-hybridized carbons (Fsp3) is 0.391. The molecule has 2 amide bonds. The topological polar surface area (TPSA) is 95.6 Å². The Morgan fingerprint density at radius 2 is 1.69 bits per heavy atom. The van der Waals surface area contributed by atoms with Crippen molar-refractivity contribution in [1.29, 1.82) is 0 Å². The number of carbonyl (C=O) groups excluding carboxylic acids is 2. The van der Waals surface area contributed by atoms with Crippen LogP contribution in [0.25, 0.3) is 0 Å². The van der Waals surface area contributed by atoms with Gasteiger partial charge in [0.05, 0.1) is 17.0 Å². The second-order valence-corrected chi connectivity index (χ2v) is 10.2. The summed E-state index contributed by atoms with van der Waals surface area (Å²) in [6.45, 7) is 4.18. The van der Waals surface area contributed by atoms with Crippen molar-refractivity contribution < 1.29 is 22.4 Å². The van der Waals surface area contributed by atoms with E-state index in [2.05, 4.69) is 10.6 Å². The third-order valence-electron chi connectivity index (χ3n) is 5.33. The number of rotatable bonds is 7. The molecule has 1 fully saturated rings. The number of anilines is 1. The van der Waals surface area contributed by atoms with Gasteiger partial charge in [-0.25, -0.2) is 17.1 Å². The average Bonchev–Trinajstić information content (AvgIpc) is 2.75. The lowest BCUT2D eigenvalue weighted by molar-refractivity contribution is -0.120. The summed E-state index contributed by atoms with van der Waals surface area (Å²) in [6.07, 6.45) is 0.768. The Bertz CT molecular complexity index is 1060. The Morgan fingerprint density at radius 1 is 1.06 bits per heavy atom. The van der Waals surface area contributed by atoms with Gasteiger partial charge in [-0.1, -0.05) is 24.3 Å². The average molecular weight is 462 g/mol. The van der Waals surface area contributed by atoms with Crippen LogP contribution in [0.5, 0.6) is 0 Å². The van der Waals surface area contributed by atoms with Gasteiger partial charge >= 0.3 is 0 Å². The molecule has 2 aromatic carbocycles. The van der Waals surface area contributed by atoms with Crippen molar-refractivity contribution in [2.75, 3.05) is 18.4 Å². The van der Waals surface area contributed by atoms with Crippen molar-refractivity contribution in [1.82, 2.24) is 9.62 Å². The molecule has 2 aromatic rings. The van der Waals surface area contributed by atoms with E-state index < -0.39 is 15.8 Å². The van der Waals surface area contributed by atoms with Crippen LogP contribution in [0.4, 0.5) is 10.1 Å². The van der Waals surface area contributed by atoms with Gasteiger partial charge in [-0.3, -0.25) is 9.59 Å². The van der Waals surface area contributed by atoms with Crippen molar-refractivity contribution in [2.24, 2.45) is 5.92 Å². The minimum Gasteiger partial charge on any atom is -0.350 e. The molecule has 1 aliphatic rings. The summed E-state index contributed by atoms with van der Waals surface area (Å²) in [4.78, 5) is 25.2. The molecule has 1 saturated heterocycles. The number of benzene rings is 2. The van der Waals surface area contributed by atoms with Gasteiger partial charge in [0.15, 0.2) is 0 Å². The molecule has 1 heterocycles. The number of nitrogens with zero attached hydrogens (tertiary/aromatic N) is 1. The van der Waals surface area contributed by atoms with E-state index in [4.69, 9.17) is 0 Å². The summed E-state index contributed by atoms with van der Waals surface area (Å²) in [5.74, 6) is -1.47. The molecule has 1 aliphatic heterocycles. The van der Waals surface area contributed by atoms with E-state index in [0.29, 0.717) is 29.7 Å². The number of halogens is 1. The molecular weight excluding hydrogens is 433 g/mol. The van der Waals surface area contributed by atoms with Gasteiger partial charge < -0.3 is 10.6 Å². The van der Waals surface area contributed by atoms with E-state index in [0.717, 1.165) is 0 Å². The monoisotopic (exact) mass is 461 g/mol. The molecule has 0 radical (unpaired) electrons. The molecule has 0 aliphatic carbocycles. The number of nitrogens with one attached hydrogen (secondary N) is 2. The van der Waals surface area contributed by atoms with Crippen molar-refractivity contribution in [2.45, 2.75) is 38.5 Å². The zero-order valence-electron chi connectivity index (χ0n) is 18.2. The first-order valence-electron chi connectivity index (χ1n) is 10.6. The highest BCUT2D eigenvalue weighted by atomic mass is 32.2. The van der Waals surface area contributed by atoms with Crippen LogP contribution in [0.1, 0.15) is 42.6 Å². The maximum atomic E-state index is 13.1. The molecule has 0 atom stereocenters. The van der Waals surface area contributed by atoms with Crippen LogP contribution in [0, 0.1) is 11.7 Å². The Labute approximate surface area is 188 Å². The summed E-state index contributed by atoms with van der Waals surface area (Å²) < 4.78 is 39.8. The molecule has 0 bridgehead atoms. The maximum absolute atomic E-state index is 13.1. The van der Waals surface area contributed by atoms with Gasteiger partial charge in [-0.2, -0.15) is 0 Å². The summed E-state index contributed by atoms with van der Waals surface area (Å²) in [7, 11) is -3.56.